The van der Waals surface area contributed by atoms with E-state index in [1.54, 1.807) is 0 Å². The second-order valence-electron chi connectivity index (χ2n) is 14.5. The molecule has 0 saturated heterocycles. The minimum absolute atomic E-state index is 1.15. The summed E-state index contributed by atoms with van der Waals surface area (Å²) >= 11 is 0. The third kappa shape index (κ3) is 4.32. The third-order valence-corrected chi connectivity index (χ3v) is 11.6. The summed E-state index contributed by atoms with van der Waals surface area (Å²) in [7, 11) is 0. The molecule has 0 aliphatic rings. The van der Waals surface area contributed by atoms with Gasteiger partial charge in [0.1, 0.15) is 0 Å². The molecular weight excluding hydrogens is 667 g/mol. The molecule has 3 heterocycles. The van der Waals surface area contributed by atoms with Gasteiger partial charge in [0.2, 0.25) is 0 Å². The number of rotatable bonds is 4. The maximum atomic E-state index is 2.46. The summed E-state index contributed by atoms with van der Waals surface area (Å²) in [5.74, 6) is 0. The zero-order valence-electron chi connectivity index (χ0n) is 29.9. The Morgan fingerprint density at radius 2 is 0.727 bits per heavy atom. The second-order valence-corrected chi connectivity index (χ2v) is 14.5. The average Bonchev–Trinajstić information content (AvgIpc) is 3.89. The quantitative estimate of drug-likeness (QED) is 0.174. The molecule has 0 spiro atoms. The average molecular weight is 700 g/mol. The molecule has 3 aromatic heterocycles. The van der Waals surface area contributed by atoms with Gasteiger partial charge in [-0.2, -0.15) is 0 Å². The molecule has 0 N–H and O–H groups in total. The van der Waals surface area contributed by atoms with Crippen molar-refractivity contribution in [1.29, 1.82) is 0 Å². The zero-order chi connectivity index (χ0) is 36.0. The van der Waals surface area contributed by atoms with Crippen molar-refractivity contribution in [3.63, 3.8) is 0 Å². The van der Waals surface area contributed by atoms with Crippen LogP contribution in [0.2, 0.25) is 0 Å². The fourth-order valence-corrected chi connectivity index (χ4v) is 9.29. The molecule has 0 unspecified atom stereocenters. The molecule has 0 saturated carbocycles. The summed E-state index contributed by atoms with van der Waals surface area (Å²) in [6.07, 6.45) is 0. The Hall–Kier alpha value is -7.36. The van der Waals surface area contributed by atoms with Gasteiger partial charge in [-0.25, -0.2) is 0 Å². The first-order valence-corrected chi connectivity index (χ1v) is 18.9. The van der Waals surface area contributed by atoms with E-state index in [-0.39, 0.29) is 0 Å². The molecule has 3 nitrogen and oxygen atoms in total. The zero-order valence-corrected chi connectivity index (χ0v) is 29.9. The standard InChI is InChI=1S/C52H33N3/c1-2-17-39-35(13-1)14-12-26-44(39)55-48-25-10-6-21-43(48)52-50(55)32-31-49-51(52)42-20-5-9-24-47(42)54(49)38-16-11-15-36(33-38)34-27-29-37(30-28-34)53-45-22-7-3-18-40(45)41-19-4-8-23-46(41)53/h1-33H. The number of fused-ring (bicyclic) bond motifs is 11. The molecule has 0 fully saturated rings. The smallest absolute Gasteiger partial charge is 0.0549 e. The van der Waals surface area contributed by atoms with Crippen LogP contribution in [0.4, 0.5) is 0 Å². The van der Waals surface area contributed by atoms with E-state index in [1.165, 1.54) is 93.0 Å². The lowest BCUT2D eigenvalue weighted by atomic mass is 10.0. The lowest BCUT2D eigenvalue weighted by molar-refractivity contribution is 1.17. The molecule has 55 heavy (non-hydrogen) atoms. The Labute approximate surface area is 317 Å². The second kappa shape index (κ2) is 11.6. The van der Waals surface area contributed by atoms with Crippen molar-refractivity contribution >= 4 is 76.2 Å². The van der Waals surface area contributed by atoms with Crippen LogP contribution in [-0.2, 0) is 0 Å². The van der Waals surface area contributed by atoms with Gasteiger partial charge in [-0.05, 0) is 83.2 Å². The van der Waals surface area contributed by atoms with E-state index in [2.05, 4.69) is 214 Å². The highest BCUT2D eigenvalue weighted by Gasteiger charge is 2.21. The molecule has 0 bridgehead atoms. The van der Waals surface area contributed by atoms with E-state index in [0.717, 1.165) is 11.4 Å². The van der Waals surface area contributed by atoms with E-state index in [4.69, 9.17) is 0 Å². The van der Waals surface area contributed by atoms with Crippen molar-refractivity contribution in [3.05, 3.63) is 200 Å². The fourth-order valence-electron chi connectivity index (χ4n) is 9.29. The predicted molar refractivity (Wildman–Crippen MR) is 232 cm³/mol. The topological polar surface area (TPSA) is 14.8 Å². The van der Waals surface area contributed by atoms with Crippen molar-refractivity contribution in [2.45, 2.75) is 0 Å². The summed E-state index contributed by atoms with van der Waals surface area (Å²) in [5, 5.41) is 10.1. The monoisotopic (exact) mass is 699 g/mol. The fraction of sp³-hybridized carbons (Fsp3) is 0. The van der Waals surface area contributed by atoms with Crippen molar-refractivity contribution in [3.8, 4) is 28.2 Å². The highest BCUT2D eigenvalue weighted by Crippen LogP contribution is 2.43. The Morgan fingerprint density at radius 3 is 1.38 bits per heavy atom. The van der Waals surface area contributed by atoms with E-state index in [9.17, 15) is 0 Å². The summed E-state index contributed by atoms with van der Waals surface area (Å²) in [5.41, 5.74) is 13.1. The van der Waals surface area contributed by atoms with Crippen LogP contribution >= 0.6 is 0 Å². The number of hydrogen-bond acceptors (Lipinski definition) is 0. The van der Waals surface area contributed by atoms with Crippen molar-refractivity contribution in [2.75, 3.05) is 0 Å². The van der Waals surface area contributed by atoms with Crippen LogP contribution in [0.5, 0.6) is 0 Å². The Morgan fingerprint density at radius 1 is 0.255 bits per heavy atom. The van der Waals surface area contributed by atoms with Gasteiger partial charge in [-0.3, -0.25) is 0 Å². The molecule has 0 radical (unpaired) electrons. The van der Waals surface area contributed by atoms with Crippen LogP contribution in [-0.4, -0.2) is 13.7 Å². The van der Waals surface area contributed by atoms with Crippen LogP contribution in [0.1, 0.15) is 0 Å². The first kappa shape index (κ1) is 30.1. The Bertz CT molecular complexity index is 3420. The van der Waals surface area contributed by atoms with E-state index in [1.807, 2.05) is 0 Å². The minimum Gasteiger partial charge on any atom is -0.309 e. The maximum absolute atomic E-state index is 2.46. The summed E-state index contributed by atoms with van der Waals surface area (Å²) in [6, 6.07) is 73.1. The summed E-state index contributed by atoms with van der Waals surface area (Å²) in [6.45, 7) is 0. The van der Waals surface area contributed by atoms with Crippen molar-refractivity contribution < 1.29 is 0 Å². The number of para-hydroxylation sites is 4. The molecule has 12 rings (SSSR count). The summed E-state index contributed by atoms with van der Waals surface area (Å²) < 4.78 is 7.28. The molecule has 0 aliphatic carbocycles. The predicted octanol–water partition coefficient (Wildman–Crippen LogP) is 13.8. The molecule has 9 aromatic carbocycles. The van der Waals surface area contributed by atoms with Crippen molar-refractivity contribution in [2.24, 2.45) is 0 Å². The highest BCUT2D eigenvalue weighted by molar-refractivity contribution is 6.29. The number of benzene rings is 9. The maximum Gasteiger partial charge on any atom is 0.0549 e. The molecular formula is C52H33N3. The first-order chi connectivity index (χ1) is 27.3. The normalized spacial score (nSPS) is 12.0. The molecule has 256 valence electrons. The minimum atomic E-state index is 1.15. The van der Waals surface area contributed by atoms with Crippen LogP contribution < -0.4 is 0 Å². The van der Waals surface area contributed by atoms with Gasteiger partial charge >= 0.3 is 0 Å². The SMILES string of the molecule is c1cc(-c2ccc(-n3c4ccccc4c4ccccc43)cc2)cc(-n2c3ccccc3c3c4c5ccccc5n(-c5cccc6ccccc56)c4ccc32)c1. The van der Waals surface area contributed by atoms with Gasteiger partial charge < -0.3 is 13.7 Å². The van der Waals surface area contributed by atoms with Gasteiger partial charge in [-0.15, -0.1) is 0 Å². The van der Waals surface area contributed by atoms with Gasteiger partial charge in [-0.1, -0.05) is 133 Å². The molecule has 3 heteroatoms. The lowest BCUT2D eigenvalue weighted by Gasteiger charge is -2.13. The lowest BCUT2D eigenvalue weighted by Crippen LogP contribution is -1.96. The van der Waals surface area contributed by atoms with Crippen LogP contribution in [0.3, 0.4) is 0 Å². The number of aromatic nitrogens is 3. The molecule has 0 atom stereocenters. The van der Waals surface area contributed by atoms with Gasteiger partial charge in [0, 0.05) is 49.1 Å². The van der Waals surface area contributed by atoms with E-state index >= 15 is 0 Å². The van der Waals surface area contributed by atoms with E-state index in [0.29, 0.717) is 0 Å². The van der Waals surface area contributed by atoms with Gasteiger partial charge in [0.05, 0.1) is 38.8 Å². The van der Waals surface area contributed by atoms with Crippen molar-refractivity contribution in [1.82, 2.24) is 13.7 Å². The van der Waals surface area contributed by atoms with Crippen LogP contribution in [0.25, 0.3) is 104 Å². The van der Waals surface area contributed by atoms with Gasteiger partial charge in [0.15, 0.2) is 0 Å². The molecule has 0 amide bonds. The summed E-state index contributed by atoms with van der Waals surface area (Å²) in [4.78, 5) is 0. The first-order valence-electron chi connectivity index (χ1n) is 18.9. The number of hydrogen-bond donors (Lipinski definition) is 0. The largest absolute Gasteiger partial charge is 0.309 e. The van der Waals surface area contributed by atoms with Gasteiger partial charge in [0.25, 0.3) is 0 Å². The Kier molecular flexibility index (Phi) is 6.34. The third-order valence-electron chi connectivity index (χ3n) is 11.6. The van der Waals surface area contributed by atoms with E-state index < -0.39 is 0 Å². The number of nitrogens with zero attached hydrogens (tertiary/aromatic N) is 3. The van der Waals surface area contributed by atoms with Crippen LogP contribution in [0, 0.1) is 0 Å². The van der Waals surface area contributed by atoms with Crippen LogP contribution in [0.15, 0.2) is 200 Å². The molecule has 0 aliphatic heterocycles. The highest BCUT2D eigenvalue weighted by atomic mass is 15.0. The molecule has 12 aromatic rings. The Balaban J connectivity index is 1.04.